The molecule has 202 valence electrons. The Balaban J connectivity index is 1.25. The number of hydrogen-bond donors (Lipinski definition) is 2. The Morgan fingerprint density at radius 2 is 2.00 bits per heavy atom. The van der Waals surface area contributed by atoms with Crippen LogP contribution >= 0.6 is 11.6 Å². The second-order valence-corrected chi connectivity index (χ2v) is 9.93. The van der Waals surface area contributed by atoms with Crippen LogP contribution in [0.1, 0.15) is 36.3 Å². The number of piperidine rings is 1. The smallest absolute Gasteiger partial charge is 0.327 e. The number of nitrogens with one attached hydrogen (secondary N) is 1. The highest BCUT2D eigenvalue weighted by Gasteiger charge is 2.28. The van der Waals surface area contributed by atoms with Crippen molar-refractivity contribution >= 4 is 29.4 Å². The maximum Gasteiger partial charge on any atom is 0.327 e. The van der Waals surface area contributed by atoms with Crippen LogP contribution in [0.5, 0.6) is 0 Å². The highest BCUT2D eigenvalue weighted by atomic mass is 35.5. The molecule has 1 saturated heterocycles. The highest BCUT2D eigenvalue weighted by molar-refractivity contribution is 6.31. The third-order valence-corrected chi connectivity index (χ3v) is 7.11. The standard InChI is InChI=1S/C27H29ClN8O3/c1-4-5-6-22-25(29)31-27(38)36(22)20-7-9-35(10-8-20)24(37)14-23-32-33-26(39-23)18-11-17(12-19(28)13-18)21-15-34(3)16(2)30-21/h4-6,11-13,15,20H,1,7-10,14,29H2,2-3H3,(H,31,38)/b6-5-. The molecule has 1 aromatic carbocycles. The number of likely N-dealkylation sites (tertiary alicyclic amines) is 1. The van der Waals surface area contributed by atoms with Crippen LogP contribution in [0.4, 0.5) is 5.82 Å². The number of halogens is 1. The van der Waals surface area contributed by atoms with Gasteiger partial charge in [0.2, 0.25) is 17.7 Å². The number of carbonyl (C=O) groups excluding carboxylic acids is 1. The lowest BCUT2D eigenvalue weighted by Gasteiger charge is -2.32. The third kappa shape index (κ3) is 5.44. The summed E-state index contributed by atoms with van der Waals surface area (Å²) < 4.78 is 9.43. The van der Waals surface area contributed by atoms with Crippen LogP contribution in [-0.4, -0.2) is 53.2 Å². The molecule has 0 spiro atoms. The average molecular weight is 549 g/mol. The van der Waals surface area contributed by atoms with E-state index in [-0.39, 0.29) is 35.8 Å². The molecule has 0 saturated carbocycles. The van der Waals surface area contributed by atoms with Gasteiger partial charge in [0.25, 0.3) is 0 Å². The van der Waals surface area contributed by atoms with Crippen LogP contribution < -0.4 is 11.4 Å². The van der Waals surface area contributed by atoms with E-state index in [9.17, 15) is 9.59 Å². The van der Waals surface area contributed by atoms with Gasteiger partial charge in [0.05, 0.1) is 11.4 Å². The average Bonchev–Trinajstić information content (AvgIpc) is 3.59. The van der Waals surface area contributed by atoms with Crippen molar-refractivity contribution < 1.29 is 9.21 Å². The summed E-state index contributed by atoms with van der Waals surface area (Å²) in [4.78, 5) is 34.5. The lowest BCUT2D eigenvalue weighted by atomic mass is 10.0. The summed E-state index contributed by atoms with van der Waals surface area (Å²) in [5.41, 5.74) is 8.59. The van der Waals surface area contributed by atoms with Gasteiger partial charge in [-0.15, -0.1) is 10.2 Å². The zero-order chi connectivity index (χ0) is 27.7. The number of nitrogen functional groups attached to an aromatic ring is 1. The van der Waals surface area contributed by atoms with E-state index < -0.39 is 0 Å². The van der Waals surface area contributed by atoms with Crippen molar-refractivity contribution in [3.05, 3.63) is 76.0 Å². The molecule has 12 heteroatoms. The van der Waals surface area contributed by atoms with Gasteiger partial charge in [0.1, 0.15) is 18.1 Å². The first-order valence-electron chi connectivity index (χ1n) is 12.5. The number of benzene rings is 1. The van der Waals surface area contributed by atoms with Gasteiger partial charge in [-0.3, -0.25) is 14.3 Å². The first kappa shape index (κ1) is 26.2. The summed E-state index contributed by atoms with van der Waals surface area (Å²) in [6, 6.07) is 5.37. The Morgan fingerprint density at radius 1 is 1.26 bits per heavy atom. The second kappa shape index (κ2) is 10.8. The Morgan fingerprint density at radius 3 is 2.69 bits per heavy atom. The van der Waals surface area contributed by atoms with E-state index in [0.717, 1.165) is 17.1 Å². The van der Waals surface area contributed by atoms with E-state index in [1.165, 1.54) is 0 Å². The minimum atomic E-state index is -0.262. The maximum absolute atomic E-state index is 13.0. The topological polar surface area (TPSA) is 141 Å². The van der Waals surface area contributed by atoms with Crippen molar-refractivity contribution in [1.82, 2.24) is 34.2 Å². The summed E-state index contributed by atoms with van der Waals surface area (Å²) in [7, 11) is 1.93. The number of nitrogens with two attached hydrogens (primary N) is 1. The van der Waals surface area contributed by atoms with E-state index in [0.29, 0.717) is 48.0 Å². The van der Waals surface area contributed by atoms with E-state index in [1.54, 1.807) is 33.8 Å². The number of amides is 1. The molecule has 4 heterocycles. The van der Waals surface area contributed by atoms with Gasteiger partial charge in [-0.1, -0.05) is 30.3 Å². The Hall–Kier alpha value is -4.38. The molecule has 0 bridgehead atoms. The number of imidazole rings is 2. The first-order valence-corrected chi connectivity index (χ1v) is 12.9. The van der Waals surface area contributed by atoms with Crippen LogP contribution in [0.15, 0.2) is 52.3 Å². The Labute approximate surface area is 229 Å². The van der Waals surface area contributed by atoms with Gasteiger partial charge in [0, 0.05) is 48.5 Å². The molecule has 1 aliphatic rings. The monoisotopic (exact) mass is 548 g/mol. The van der Waals surface area contributed by atoms with Crippen molar-refractivity contribution in [3.8, 4) is 22.7 Å². The van der Waals surface area contributed by atoms with Crippen molar-refractivity contribution in [2.75, 3.05) is 18.8 Å². The van der Waals surface area contributed by atoms with Gasteiger partial charge in [0.15, 0.2) is 0 Å². The third-order valence-electron chi connectivity index (χ3n) is 6.89. The Kier molecular flexibility index (Phi) is 7.25. The quantitative estimate of drug-likeness (QED) is 0.335. The summed E-state index contributed by atoms with van der Waals surface area (Å²) in [5, 5.41) is 8.74. The summed E-state index contributed by atoms with van der Waals surface area (Å²) in [6.07, 6.45) is 8.25. The van der Waals surface area contributed by atoms with Gasteiger partial charge in [-0.2, -0.15) is 0 Å². The van der Waals surface area contributed by atoms with Crippen LogP contribution in [0, 0.1) is 6.92 Å². The van der Waals surface area contributed by atoms with Crippen LogP contribution in [0.25, 0.3) is 28.8 Å². The molecule has 5 rings (SSSR count). The molecular weight excluding hydrogens is 520 g/mol. The molecule has 0 unspecified atom stereocenters. The normalized spacial score (nSPS) is 14.4. The van der Waals surface area contributed by atoms with Crippen molar-refractivity contribution in [1.29, 1.82) is 0 Å². The lowest BCUT2D eigenvalue weighted by molar-refractivity contribution is -0.132. The molecule has 4 aromatic rings. The summed E-state index contributed by atoms with van der Waals surface area (Å²) >= 11 is 6.37. The van der Waals surface area contributed by atoms with E-state index >= 15 is 0 Å². The van der Waals surface area contributed by atoms with Gasteiger partial charge in [-0.25, -0.2) is 9.78 Å². The number of anilines is 1. The second-order valence-electron chi connectivity index (χ2n) is 9.50. The van der Waals surface area contributed by atoms with E-state index in [4.69, 9.17) is 21.8 Å². The minimum Gasteiger partial charge on any atom is -0.420 e. The fourth-order valence-corrected chi connectivity index (χ4v) is 5.02. The number of aromatic amines is 1. The predicted octanol–water partition coefficient (Wildman–Crippen LogP) is 3.78. The largest absolute Gasteiger partial charge is 0.420 e. The van der Waals surface area contributed by atoms with E-state index in [2.05, 4.69) is 26.7 Å². The number of hydrogen-bond acceptors (Lipinski definition) is 7. The molecule has 1 amide bonds. The molecule has 11 nitrogen and oxygen atoms in total. The SMILES string of the molecule is C=C/C=C\c1c(N)[nH]c(=O)n1C1CCN(C(=O)Cc2nnc(-c3cc(Cl)cc(-c4cn(C)c(C)n4)c3)o2)CC1. The van der Waals surface area contributed by atoms with Crippen LogP contribution in [0.3, 0.4) is 0 Å². The molecular formula is C27H29ClN8O3. The fourth-order valence-electron chi connectivity index (χ4n) is 4.79. The number of aromatic nitrogens is 6. The first-order chi connectivity index (χ1) is 18.7. The van der Waals surface area contributed by atoms with Gasteiger partial charge in [-0.05, 0) is 44.0 Å². The summed E-state index contributed by atoms with van der Waals surface area (Å²) in [6.45, 7) is 6.58. The van der Waals surface area contributed by atoms with E-state index in [1.807, 2.05) is 36.9 Å². The number of aryl methyl sites for hydroxylation is 2. The number of nitrogens with zero attached hydrogens (tertiary/aromatic N) is 6. The van der Waals surface area contributed by atoms with Crippen LogP contribution in [-0.2, 0) is 18.3 Å². The fraction of sp³-hybridized carbons (Fsp3) is 0.296. The zero-order valence-corrected chi connectivity index (χ0v) is 22.5. The van der Waals surface area contributed by atoms with Gasteiger partial charge < -0.3 is 19.6 Å². The molecule has 0 aliphatic carbocycles. The number of carbonyl (C=O) groups is 1. The zero-order valence-electron chi connectivity index (χ0n) is 21.7. The molecule has 1 aliphatic heterocycles. The maximum atomic E-state index is 13.0. The summed E-state index contributed by atoms with van der Waals surface area (Å²) in [5.74, 6) is 1.57. The molecule has 39 heavy (non-hydrogen) atoms. The molecule has 0 radical (unpaired) electrons. The number of rotatable bonds is 7. The van der Waals surface area contributed by atoms with Gasteiger partial charge >= 0.3 is 5.69 Å². The highest BCUT2D eigenvalue weighted by Crippen LogP contribution is 2.30. The lowest BCUT2D eigenvalue weighted by Crippen LogP contribution is -2.41. The predicted molar refractivity (Wildman–Crippen MR) is 149 cm³/mol. The molecule has 3 N–H and O–H groups in total. The number of H-pyrrole nitrogens is 1. The Bertz CT molecular complexity index is 1600. The van der Waals surface area contributed by atoms with Crippen molar-refractivity contribution in [3.63, 3.8) is 0 Å². The minimum absolute atomic E-state index is 0.0189. The molecule has 3 aromatic heterocycles. The molecule has 0 atom stereocenters. The van der Waals surface area contributed by atoms with Crippen molar-refractivity contribution in [2.45, 2.75) is 32.2 Å². The number of allylic oxidation sites excluding steroid dienone is 2. The van der Waals surface area contributed by atoms with Crippen LogP contribution in [0.2, 0.25) is 5.02 Å². The van der Waals surface area contributed by atoms with Crippen molar-refractivity contribution in [2.24, 2.45) is 7.05 Å². The molecule has 1 fully saturated rings.